The largest absolute Gasteiger partial charge is 0.454 e. The van der Waals surface area contributed by atoms with Crippen LogP contribution in [0.1, 0.15) is 22.3 Å². The van der Waals surface area contributed by atoms with Crippen LogP contribution < -0.4 is 10.1 Å². The SMILES string of the molecule is CN1CCCN(C2=Nc3ccccc3Oc3ccc(NC(=O)c4ccccc4)cc32)CC1. The van der Waals surface area contributed by atoms with Gasteiger partial charge in [0.25, 0.3) is 5.91 Å². The van der Waals surface area contributed by atoms with Crippen LogP contribution in [-0.4, -0.2) is 54.8 Å². The number of nitrogens with one attached hydrogen (secondary N) is 1. The highest BCUT2D eigenvalue weighted by Crippen LogP contribution is 2.39. The van der Waals surface area contributed by atoms with Crippen LogP contribution in [0.5, 0.6) is 11.5 Å². The zero-order valence-corrected chi connectivity index (χ0v) is 18.1. The molecule has 1 N–H and O–H groups in total. The first kappa shape index (κ1) is 20.3. The molecule has 0 aliphatic carbocycles. The van der Waals surface area contributed by atoms with E-state index in [-0.39, 0.29) is 5.91 Å². The lowest BCUT2D eigenvalue weighted by atomic mass is 10.1. The van der Waals surface area contributed by atoms with E-state index in [1.54, 1.807) is 12.1 Å². The minimum absolute atomic E-state index is 0.140. The smallest absolute Gasteiger partial charge is 0.255 e. The van der Waals surface area contributed by atoms with Crippen molar-refractivity contribution in [2.45, 2.75) is 6.42 Å². The number of carbonyl (C=O) groups excluding carboxylic acids is 1. The molecule has 2 heterocycles. The molecule has 6 nitrogen and oxygen atoms in total. The molecule has 162 valence electrons. The van der Waals surface area contributed by atoms with E-state index in [0.717, 1.165) is 61.2 Å². The van der Waals surface area contributed by atoms with Crippen LogP contribution in [0.2, 0.25) is 0 Å². The Bertz CT molecular complexity index is 1160. The maximum atomic E-state index is 12.7. The van der Waals surface area contributed by atoms with Crippen LogP contribution in [0, 0.1) is 0 Å². The molecule has 0 unspecified atom stereocenters. The molecule has 1 amide bonds. The number of carbonyl (C=O) groups is 1. The number of amidine groups is 1. The van der Waals surface area contributed by atoms with Crippen LogP contribution in [0.25, 0.3) is 0 Å². The van der Waals surface area contributed by atoms with Crippen molar-refractivity contribution < 1.29 is 9.53 Å². The van der Waals surface area contributed by atoms with Crippen molar-refractivity contribution >= 4 is 23.1 Å². The Labute approximate surface area is 188 Å². The van der Waals surface area contributed by atoms with Crippen molar-refractivity contribution in [1.29, 1.82) is 0 Å². The highest BCUT2D eigenvalue weighted by molar-refractivity contribution is 6.07. The molecule has 1 saturated heterocycles. The topological polar surface area (TPSA) is 57.2 Å². The van der Waals surface area contributed by atoms with Gasteiger partial charge in [0.1, 0.15) is 17.3 Å². The molecule has 6 heteroatoms. The summed E-state index contributed by atoms with van der Waals surface area (Å²) in [5.41, 5.74) is 3.03. The van der Waals surface area contributed by atoms with Gasteiger partial charge in [0.15, 0.2) is 5.75 Å². The third-order valence-corrected chi connectivity index (χ3v) is 5.84. The predicted molar refractivity (Wildman–Crippen MR) is 127 cm³/mol. The Kier molecular flexibility index (Phi) is 5.60. The molecule has 2 aliphatic heterocycles. The first-order valence-electron chi connectivity index (χ1n) is 11.0. The number of ether oxygens (including phenoxy) is 1. The van der Waals surface area contributed by atoms with Crippen molar-refractivity contribution in [3.8, 4) is 11.5 Å². The van der Waals surface area contributed by atoms with Gasteiger partial charge >= 0.3 is 0 Å². The summed E-state index contributed by atoms with van der Waals surface area (Å²) in [7, 11) is 2.15. The number of aliphatic imine (C=N–C) groups is 1. The number of rotatable bonds is 2. The van der Waals surface area contributed by atoms with Gasteiger partial charge in [-0.2, -0.15) is 0 Å². The zero-order chi connectivity index (χ0) is 21.9. The molecule has 0 radical (unpaired) electrons. The molecule has 0 atom stereocenters. The van der Waals surface area contributed by atoms with E-state index in [2.05, 4.69) is 22.2 Å². The highest BCUT2D eigenvalue weighted by Gasteiger charge is 2.25. The molecule has 1 fully saturated rings. The predicted octanol–water partition coefficient (Wildman–Crippen LogP) is 4.76. The Morgan fingerprint density at radius 3 is 2.59 bits per heavy atom. The van der Waals surface area contributed by atoms with Gasteiger partial charge in [-0.1, -0.05) is 30.3 Å². The Balaban J connectivity index is 1.53. The van der Waals surface area contributed by atoms with Crippen molar-refractivity contribution in [1.82, 2.24) is 9.80 Å². The van der Waals surface area contributed by atoms with Gasteiger partial charge in [0.05, 0.1) is 5.56 Å². The summed E-state index contributed by atoms with van der Waals surface area (Å²) in [6.45, 7) is 3.85. The van der Waals surface area contributed by atoms with Crippen LogP contribution in [0.3, 0.4) is 0 Å². The molecule has 32 heavy (non-hydrogen) atoms. The first-order valence-corrected chi connectivity index (χ1v) is 11.0. The number of hydrogen-bond donors (Lipinski definition) is 1. The average molecular weight is 427 g/mol. The second kappa shape index (κ2) is 8.85. The normalized spacial score (nSPS) is 16.0. The molecule has 0 spiro atoms. The fourth-order valence-corrected chi connectivity index (χ4v) is 4.09. The standard InChI is InChI=1S/C26H26N4O2/c1-29-14-7-15-30(17-16-29)25-21-18-20(27-26(31)19-8-3-2-4-9-19)12-13-23(21)32-24-11-6-5-10-22(24)28-25/h2-6,8-13,18H,7,14-17H2,1H3,(H,27,31). The number of anilines is 1. The molecular formula is C26H26N4O2. The Hall–Kier alpha value is -3.64. The lowest BCUT2D eigenvalue weighted by molar-refractivity contribution is 0.102. The summed E-state index contributed by atoms with van der Waals surface area (Å²) in [6.07, 6.45) is 1.07. The summed E-state index contributed by atoms with van der Waals surface area (Å²) in [5, 5.41) is 3.02. The van der Waals surface area contributed by atoms with Gasteiger partial charge in [-0.3, -0.25) is 4.79 Å². The summed E-state index contributed by atoms with van der Waals surface area (Å²) >= 11 is 0. The first-order chi connectivity index (χ1) is 15.7. The monoisotopic (exact) mass is 426 g/mol. The highest BCUT2D eigenvalue weighted by atomic mass is 16.5. The van der Waals surface area contributed by atoms with Crippen molar-refractivity contribution in [2.24, 2.45) is 4.99 Å². The van der Waals surface area contributed by atoms with E-state index in [1.165, 1.54) is 0 Å². The molecule has 2 aliphatic rings. The molecule has 3 aromatic rings. The second-order valence-electron chi connectivity index (χ2n) is 8.18. The average Bonchev–Trinajstić information content (AvgIpc) is 3.13. The second-order valence-corrected chi connectivity index (χ2v) is 8.18. The Morgan fingerprint density at radius 2 is 1.72 bits per heavy atom. The van der Waals surface area contributed by atoms with Crippen molar-refractivity contribution in [3.63, 3.8) is 0 Å². The number of benzene rings is 3. The molecule has 0 bridgehead atoms. The summed E-state index contributed by atoms with van der Waals surface area (Å²) in [5.74, 6) is 2.22. The van der Waals surface area contributed by atoms with Crippen LogP contribution in [-0.2, 0) is 0 Å². The quantitative estimate of drug-likeness (QED) is 0.642. The third kappa shape index (κ3) is 4.22. The van der Waals surface area contributed by atoms with Crippen molar-refractivity contribution in [3.05, 3.63) is 83.9 Å². The van der Waals surface area contributed by atoms with E-state index < -0.39 is 0 Å². The number of fused-ring (bicyclic) bond motifs is 2. The van der Waals surface area contributed by atoms with Crippen LogP contribution in [0.4, 0.5) is 11.4 Å². The number of nitrogens with zero attached hydrogens (tertiary/aromatic N) is 3. The van der Waals surface area contributed by atoms with Gasteiger partial charge in [-0.05, 0) is 62.5 Å². The molecule has 5 rings (SSSR count). The van der Waals surface area contributed by atoms with E-state index >= 15 is 0 Å². The number of likely N-dealkylation sites (N-methyl/N-ethyl adjacent to an activating group) is 1. The summed E-state index contributed by atoms with van der Waals surface area (Å²) < 4.78 is 6.26. The minimum atomic E-state index is -0.140. The molecule has 3 aromatic carbocycles. The fourth-order valence-electron chi connectivity index (χ4n) is 4.09. The van der Waals surface area contributed by atoms with Gasteiger partial charge < -0.3 is 19.9 Å². The van der Waals surface area contributed by atoms with E-state index in [9.17, 15) is 4.79 Å². The number of para-hydroxylation sites is 2. The molecule has 0 aromatic heterocycles. The van der Waals surface area contributed by atoms with Crippen LogP contribution >= 0.6 is 0 Å². The number of hydrogen-bond acceptors (Lipinski definition) is 5. The summed E-state index contributed by atoms with van der Waals surface area (Å²) in [4.78, 5) is 22.4. The van der Waals surface area contributed by atoms with Gasteiger partial charge in [-0.25, -0.2) is 4.99 Å². The third-order valence-electron chi connectivity index (χ3n) is 5.84. The van der Waals surface area contributed by atoms with E-state index in [4.69, 9.17) is 9.73 Å². The lowest BCUT2D eigenvalue weighted by Crippen LogP contribution is -2.35. The number of amides is 1. The summed E-state index contributed by atoms with van der Waals surface area (Å²) in [6, 6.07) is 22.8. The minimum Gasteiger partial charge on any atom is -0.454 e. The molecule has 0 saturated carbocycles. The molecular weight excluding hydrogens is 400 g/mol. The maximum Gasteiger partial charge on any atom is 0.255 e. The van der Waals surface area contributed by atoms with Gasteiger partial charge in [0.2, 0.25) is 0 Å². The Morgan fingerprint density at radius 1 is 0.906 bits per heavy atom. The zero-order valence-electron chi connectivity index (χ0n) is 18.1. The van der Waals surface area contributed by atoms with Crippen LogP contribution in [0.15, 0.2) is 77.8 Å². The van der Waals surface area contributed by atoms with E-state index in [0.29, 0.717) is 11.3 Å². The fraction of sp³-hybridized carbons (Fsp3) is 0.231. The van der Waals surface area contributed by atoms with Crippen molar-refractivity contribution in [2.75, 3.05) is 38.5 Å². The van der Waals surface area contributed by atoms with E-state index in [1.807, 2.05) is 60.7 Å². The van der Waals surface area contributed by atoms with Gasteiger partial charge in [0, 0.05) is 30.9 Å². The van der Waals surface area contributed by atoms with Gasteiger partial charge in [-0.15, -0.1) is 0 Å². The lowest BCUT2D eigenvalue weighted by Gasteiger charge is -2.25. The maximum absolute atomic E-state index is 12.7.